The standard InChI is InChI=1S/C13H16N4OS/c1-8-12(19-16-15-8)13(18)17(3)9(2)10-5-4-6-11(14)7-10/h4-7,9H,14H2,1-3H3. The molecule has 0 aliphatic heterocycles. The Bertz CT molecular complexity index is 596. The summed E-state index contributed by atoms with van der Waals surface area (Å²) in [6.45, 7) is 3.76. The minimum atomic E-state index is -0.0672. The third kappa shape index (κ3) is 2.73. The third-order valence-electron chi connectivity index (χ3n) is 3.14. The number of anilines is 1. The first-order valence-corrected chi connectivity index (χ1v) is 6.69. The second kappa shape index (κ2) is 5.36. The molecule has 100 valence electrons. The first-order chi connectivity index (χ1) is 9.00. The van der Waals surface area contributed by atoms with E-state index in [4.69, 9.17) is 5.73 Å². The highest BCUT2D eigenvalue weighted by molar-refractivity contribution is 7.07. The van der Waals surface area contributed by atoms with Crippen LogP contribution in [-0.4, -0.2) is 27.4 Å². The average molecular weight is 276 g/mol. The molecule has 0 radical (unpaired) electrons. The van der Waals surface area contributed by atoms with Gasteiger partial charge in [0.15, 0.2) is 0 Å². The van der Waals surface area contributed by atoms with Crippen LogP contribution in [0.3, 0.4) is 0 Å². The first kappa shape index (κ1) is 13.5. The van der Waals surface area contributed by atoms with Crippen LogP contribution >= 0.6 is 11.5 Å². The molecule has 0 fully saturated rings. The number of carbonyl (C=O) groups excluding carboxylic acids is 1. The Morgan fingerprint density at radius 3 is 2.79 bits per heavy atom. The molecular weight excluding hydrogens is 260 g/mol. The van der Waals surface area contributed by atoms with Crippen LogP contribution in [0.25, 0.3) is 0 Å². The van der Waals surface area contributed by atoms with Crippen molar-refractivity contribution in [3.8, 4) is 0 Å². The van der Waals surface area contributed by atoms with Crippen LogP contribution in [0.1, 0.15) is 33.9 Å². The lowest BCUT2D eigenvalue weighted by Gasteiger charge is -2.25. The highest BCUT2D eigenvalue weighted by atomic mass is 32.1. The predicted molar refractivity (Wildman–Crippen MR) is 76.0 cm³/mol. The number of hydrogen-bond donors (Lipinski definition) is 1. The quantitative estimate of drug-likeness (QED) is 0.873. The summed E-state index contributed by atoms with van der Waals surface area (Å²) in [6.07, 6.45) is 0. The third-order valence-corrected chi connectivity index (χ3v) is 3.96. The molecule has 0 spiro atoms. The molecule has 0 aliphatic carbocycles. The number of amides is 1. The molecule has 0 saturated heterocycles. The fourth-order valence-corrected chi connectivity index (χ4v) is 2.45. The zero-order valence-electron chi connectivity index (χ0n) is 11.1. The van der Waals surface area contributed by atoms with Gasteiger partial charge < -0.3 is 10.6 Å². The van der Waals surface area contributed by atoms with E-state index < -0.39 is 0 Å². The van der Waals surface area contributed by atoms with Gasteiger partial charge in [0.25, 0.3) is 5.91 Å². The number of carbonyl (C=O) groups is 1. The molecule has 1 amide bonds. The van der Waals surface area contributed by atoms with Gasteiger partial charge in [-0.25, -0.2) is 0 Å². The van der Waals surface area contributed by atoms with Gasteiger partial charge in [-0.1, -0.05) is 16.6 Å². The topological polar surface area (TPSA) is 72.1 Å². The first-order valence-electron chi connectivity index (χ1n) is 5.92. The number of nitrogen functional groups attached to an aromatic ring is 1. The maximum atomic E-state index is 12.4. The van der Waals surface area contributed by atoms with E-state index >= 15 is 0 Å². The van der Waals surface area contributed by atoms with Gasteiger partial charge in [-0.2, -0.15) is 0 Å². The number of aromatic nitrogens is 2. The molecule has 2 N–H and O–H groups in total. The summed E-state index contributed by atoms with van der Waals surface area (Å²) in [6, 6.07) is 7.50. The number of benzene rings is 1. The molecule has 1 aromatic carbocycles. The van der Waals surface area contributed by atoms with Gasteiger partial charge in [0, 0.05) is 12.7 Å². The van der Waals surface area contributed by atoms with E-state index in [2.05, 4.69) is 9.59 Å². The maximum absolute atomic E-state index is 12.4. The summed E-state index contributed by atoms with van der Waals surface area (Å²) in [5.41, 5.74) is 8.14. The van der Waals surface area contributed by atoms with Crippen molar-refractivity contribution >= 4 is 23.1 Å². The highest BCUT2D eigenvalue weighted by Gasteiger charge is 2.22. The Kier molecular flexibility index (Phi) is 3.80. The molecule has 5 nitrogen and oxygen atoms in total. The van der Waals surface area contributed by atoms with Gasteiger partial charge in [-0.3, -0.25) is 4.79 Å². The molecule has 1 heterocycles. The Labute approximate surface area is 116 Å². The molecule has 19 heavy (non-hydrogen) atoms. The molecule has 0 aliphatic rings. The monoisotopic (exact) mass is 276 g/mol. The molecular formula is C13H16N4OS. The average Bonchev–Trinajstić information content (AvgIpc) is 2.82. The van der Waals surface area contributed by atoms with E-state index in [1.807, 2.05) is 31.2 Å². The van der Waals surface area contributed by atoms with Crippen molar-refractivity contribution in [2.75, 3.05) is 12.8 Å². The summed E-state index contributed by atoms with van der Waals surface area (Å²) in [5, 5.41) is 3.87. The van der Waals surface area contributed by atoms with Gasteiger partial charge in [-0.15, -0.1) is 5.10 Å². The van der Waals surface area contributed by atoms with Gasteiger partial charge >= 0.3 is 0 Å². The van der Waals surface area contributed by atoms with E-state index in [1.165, 1.54) is 0 Å². The number of hydrogen-bond acceptors (Lipinski definition) is 5. The largest absolute Gasteiger partial charge is 0.399 e. The van der Waals surface area contributed by atoms with E-state index in [9.17, 15) is 4.79 Å². The van der Waals surface area contributed by atoms with Crippen molar-refractivity contribution in [1.82, 2.24) is 14.5 Å². The lowest BCUT2D eigenvalue weighted by atomic mass is 10.1. The van der Waals surface area contributed by atoms with Crippen LogP contribution in [0, 0.1) is 6.92 Å². The Balaban J connectivity index is 2.22. The second-order valence-corrected chi connectivity index (χ2v) is 5.20. The minimum absolute atomic E-state index is 0.0579. The molecule has 1 unspecified atom stereocenters. The van der Waals surface area contributed by atoms with Crippen LogP contribution in [0.4, 0.5) is 5.69 Å². The van der Waals surface area contributed by atoms with Crippen LogP contribution in [0.2, 0.25) is 0 Å². The van der Waals surface area contributed by atoms with E-state index in [0.717, 1.165) is 17.1 Å². The van der Waals surface area contributed by atoms with Crippen molar-refractivity contribution in [2.45, 2.75) is 19.9 Å². The minimum Gasteiger partial charge on any atom is -0.399 e. The van der Waals surface area contributed by atoms with Crippen LogP contribution in [0.5, 0.6) is 0 Å². The SMILES string of the molecule is Cc1nnsc1C(=O)N(C)C(C)c1cccc(N)c1. The van der Waals surface area contributed by atoms with E-state index in [0.29, 0.717) is 16.3 Å². The van der Waals surface area contributed by atoms with Crippen LogP contribution in [0.15, 0.2) is 24.3 Å². The Morgan fingerprint density at radius 2 is 2.21 bits per heavy atom. The molecule has 0 bridgehead atoms. The summed E-state index contributed by atoms with van der Waals surface area (Å²) in [4.78, 5) is 14.6. The fraction of sp³-hybridized carbons (Fsp3) is 0.308. The maximum Gasteiger partial charge on any atom is 0.267 e. The van der Waals surface area contributed by atoms with Crippen molar-refractivity contribution in [2.24, 2.45) is 0 Å². The molecule has 6 heteroatoms. The predicted octanol–water partition coefficient (Wildman–Crippen LogP) is 2.26. The van der Waals surface area contributed by atoms with Crippen molar-refractivity contribution in [3.05, 3.63) is 40.4 Å². The summed E-state index contributed by atoms with van der Waals surface area (Å²) in [5.74, 6) is -0.0672. The lowest BCUT2D eigenvalue weighted by Crippen LogP contribution is -2.29. The van der Waals surface area contributed by atoms with Gasteiger partial charge in [0.05, 0.1) is 11.7 Å². The number of nitrogens with two attached hydrogens (primary N) is 1. The summed E-state index contributed by atoms with van der Waals surface area (Å²) in [7, 11) is 1.77. The second-order valence-electron chi connectivity index (χ2n) is 4.45. The van der Waals surface area contributed by atoms with E-state index in [-0.39, 0.29) is 11.9 Å². The molecule has 2 aromatic rings. The molecule has 0 saturated carbocycles. The Morgan fingerprint density at radius 1 is 1.47 bits per heavy atom. The van der Waals surface area contributed by atoms with Crippen molar-refractivity contribution < 1.29 is 4.79 Å². The summed E-state index contributed by atoms with van der Waals surface area (Å²) >= 11 is 1.12. The fourth-order valence-electron chi connectivity index (χ4n) is 1.81. The van der Waals surface area contributed by atoms with Crippen LogP contribution < -0.4 is 5.73 Å². The normalized spacial score (nSPS) is 12.2. The smallest absolute Gasteiger partial charge is 0.267 e. The van der Waals surface area contributed by atoms with Crippen LogP contribution in [-0.2, 0) is 0 Å². The molecule has 1 aromatic heterocycles. The molecule has 1 atom stereocenters. The van der Waals surface area contributed by atoms with Gasteiger partial charge in [-0.05, 0) is 43.1 Å². The molecule has 2 rings (SSSR count). The number of aryl methyl sites for hydroxylation is 1. The Hall–Kier alpha value is -1.95. The zero-order chi connectivity index (χ0) is 14.0. The highest BCUT2D eigenvalue weighted by Crippen LogP contribution is 2.23. The number of nitrogens with zero attached hydrogens (tertiary/aromatic N) is 3. The lowest BCUT2D eigenvalue weighted by molar-refractivity contribution is 0.0746. The number of rotatable bonds is 3. The summed E-state index contributed by atoms with van der Waals surface area (Å²) < 4.78 is 3.80. The van der Waals surface area contributed by atoms with Crippen molar-refractivity contribution in [1.29, 1.82) is 0 Å². The van der Waals surface area contributed by atoms with E-state index in [1.54, 1.807) is 18.9 Å². The van der Waals surface area contributed by atoms with Gasteiger partial charge in [0.2, 0.25) is 0 Å². The van der Waals surface area contributed by atoms with Gasteiger partial charge in [0.1, 0.15) is 4.88 Å². The zero-order valence-corrected chi connectivity index (χ0v) is 11.9. The van der Waals surface area contributed by atoms with Crippen molar-refractivity contribution in [3.63, 3.8) is 0 Å².